The van der Waals surface area contributed by atoms with E-state index in [0.29, 0.717) is 51.3 Å². The van der Waals surface area contributed by atoms with Crippen molar-refractivity contribution in [3.8, 4) is 28.3 Å². The summed E-state index contributed by atoms with van der Waals surface area (Å²) in [6.45, 7) is 3.64. The molecule has 2 aliphatic heterocycles. The summed E-state index contributed by atoms with van der Waals surface area (Å²) in [7, 11) is 1.87. The van der Waals surface area contributed by atoms with Crippen molar-refractivity contribution in [2.75, 3.05) is 44.2 Å². The molecule has 6 heterocycles. The lowest BCUT2D eigenvalue weighted by Crippen LogP contribution is -2.52. The number of rotatable bonds is 3. The van der Waals surface area contributed by atoms with Crippen LogP contribution in [0.1, 0.15) is 12.0 Å². The molecule has 11 heteroatoms. The van der Waals surface area contributed by atoms with Crippen LogP contribution >= 0.6 is 0 Å². The normalized spacial score (nSPS) is 18.0. The number of aliphatic hydroxyl groups excluding tert-OH is 1. The number of likely N-dealkylation sites (tertiary alicyclic amines) is 1. The summed E-state index contributed by atoms with van der Waals surface area (Å²) >= 11 is 0. The maximum Gasteiger partial charge on any atom is 0.320 e. The first-order valence-electron chi connectivity index (χ1n) is 12.3. The predicted molar refractivity (Wildman–Crippen MR) is 137 cm³/mol. The highest BCUT2D eigenvalue weighted by Gasteiger charge is 2.30. The molecule has 37 heavy (non-hydrogen) atoms. The first kappa shape index (κ1) is 23.0. The number of nitrogens with zero attached hydrogens (tertiary/aromatic N) is 9. The molecule has 2 amide bonds. The molecule has 2 saturated heterocycles. The van der Waals surface area contributed by atoms with Crippen molar-refractivity contribution < 1.29 is 9.90 Å². The lowest BCUT2D eigenvalue weighted by Gasteiger charge is -2.37. The number of β-amino-alcohol motifs (C(OH)–C–C–N with tert-alkyl or cyclic N) is 1. The average molecular weight is 498 g/mol. The number of aliphatic hydroxyl groups is 1. The Morgan fingerprint density at radius 2 is 1.84 bits per heavy atom. The fraction of sp³-hybridized carbons (Fsp3) is 0.346. The number of carbonyl (C=O) groups excluding carboxylic acids is 1. The second-order valence-electron chi connectivity index (χ2n) is 9.56. The number of aromatic nitrogens is 5. The fourth-order valence-corrected chi connectivity index (χ4v) is 5.13. The molecular weight excluding hydrogens is 470 g/mol. The first-order valence-corrected chi connectivity index (χ1v) is 12.3. The van der Waals surface area contributed by atoms with E-state index in [1.54, 1.807) is 26.5 Å². The minimum absolute atomic E-state index is 0.00567. The number of pyridine rings is 2. The van der Waals surface area contributed by atoms with Gasteiger partial charge in [-0.15, -0.1) is 0 Å². The fourth-order valence-electron chi connectivity index (χ4n) is 5.13. The summed E-state index contributed by atoms with van der Waals surface area (Å²) in [5.41, 5.74) is 4.90. The maximum absolute atomic E-state index is 12.7. The van der Waals surface area contributed by atoms with Gasteiger partial charge in [-0.3, -0.25) is 4.68 Å². The van der Waals surface area contributed by atoms with E-state index in [9.17, 15) is 15.2 Å². The number of aryl methyl sites for hydroxylation is 1. The molecule has 1 N–H and O–H groups in total. The number of anilines is 1. The number of fused-ring (bicyclic) bond motifs is 1. The van der Waals surface area contributed by atoms with Gasteiger partial charge in [0.25, 0.3) is 0 Å². The second kappa shape index (κ2) is 9.22. The van der Waals surface area contributed by atoms with E-state index in [1.165, 1.54) is 0 Å². The number of hydrogen-bond acceptors (Lipinski definition) is 7. The van der Waals surface area contributed by atoms with Crippen molar-refractivity contribution in [2.45, 2.75) is 12.5 Å². The average Bonchev–Trinajstić information content (AvgIpc) is 3.67. The molecule has 1 atom stereocenters. The molecule has 2 aliphatic rings. The Balaban J connectivity index is 1.23. The van der Waals surface area contributed by atoms with Gasteiger partial charge in [-0.25, -0.2) is 14.3 Å². The summed E-state index contributed by atoms with van der Waals surface area (Å²) in [6, 6.07) is 8.30. The SMILES string of the molecule is Cn1cc(-c2cc(-c3ccc(N4CCN(C(=O)N5CC[C@@H](O)C5)CC4)nc3)c3c(C#N)cnn3c2)cn1. The van der Waals surface area contributed by atoms with Crippen molar-refractivity contribution in [3.63, 3.8) is 0 Å². The topological polar surface area (TPSA) is 119 Å². The van der Waals surface area contributed by atoms with Gasteiger partial charge in [-0.1, -0.05) is 0 Å². The molecule has 4 aromatic rings. The number of piperazine rings is 1. The van der Waals surface area contributed by atoms with Gasteiger partial charge in [0.1, 0.15) is 11.9 Å². The van der Waals surface area contributed by atoms with Crippen LogP contribution in [0.25, 0.3) is 27.8 Å². The first-order chi connectivity index (χ1) is 18.0. The summed E-state index contributed by atoms with van der Waals surface area (Å²) in [5.74, 6) is 0.848. The van der Waals surface area contributed by atoms with Crippen LogP contribution in [0.15, 0.2) is 49.2 Å². The lowest BCUT2D eigenvalue weighted by atomic mass is 10.0. The van der Waals surface area contributed by atoms with Gasteiger partial charge >= 0.3 is 6.03 Å². The Bertz CT molecular complexity index is 1490. The number of carbonyl (C=O) groups is 1. The van der Waals surface area contributed by atoms with Crippen molar-refractivity contribution in [3.05, 3.63) is 54.7 Å². The minimum Gasteiger partial charge on any atom is -0.391 e. The van der Waals surface area contributed by atoms with Crippen LogP contribution in [0.2, 0.25) is 0 Å². The standard InChI is InChI=1S/C26H27N9O2/c1-31-15-21(14-29-31)19-10-23(25-20(11-27)13-30-35(25)16-19)18-2-3-24(28-12-18)32-6-8-33(9-7-32)26(37)34-5-4-22(36)17-34/h2-3,10,12-16,22,36H,4-9,17H2,1H3/t22-/m1/s1. The number of hydrogen-bond donors (Lipinski definition) is 1. The molecule has 0 bridgehead atoms. The third-order valence-electron chi connectivity index (χ3n) is 7.14. The van der Waals surface area contributed by atoms with Crippen LogP contribution in [-0.4, -0.2) is 90.7 Å². The van der Waals surface area contributed by atoms with E-state index in [4.69, 9.17) is 4.98 Å². The summed E-state index contributed by atoms with van der Waals surface area (Å²) in [6.07, 6.45) is 9.29. The molecule has 0 aliphatic carbocycles. The van der Waals surface area contributed by atoms with E-state index in [0.717, 1.165) is 33.6 Å². The molecule has 11 nitrogen and oxygen atoms in total. The van der Waals surface area contributed by atoms with E-state index < -0.39 is 6.10 Å². The molecule has 6 rings (SSSR count). The molecule has 0 unspecified atom stereocenters. The molecule has 0 aromatic carbocycles. The maximum atomic E-state index is 12.7. The van der Waals surface area contributed by atoms with Gasteiger partial charge < -0.3 is 19.8 Å². The van der Waals surface area contributed by atoms with Crippen LogP contribution in [0.5, 0.6) is 0 Å². The Labute approximate surface area is 213 Å². The molecule has 188 valence electrons. The van der Waals surface area contributed by atoms with Gasteiger partial charge in [0, 0.05) is 87.2 Å². The smallest absolute Gasteiger partial charge is 0.320 e. The second-order valence-corrected chi connectivity index (χ2v) is 9.56. The Morgan fingerprint density at radius 3 is 2.49 bits per heavy atom. The van der Waals surface area contributed by atoms with Crippen molar-refractivity contribution in [1.29, 1.82) is 5.26 Å². The zero-order chi connectivity index (χ0) is 25.5. The van der Waals surface area contributed by atoms with E-state index in [2.05, 4.69) is 21.2 Å². The van der Waals surface area contributed by atoms with Crippen molar-refractivity contribution in [2.24, 2.45) is 7.05 Å². The van der Waals surface area contributed by atoms with Crippen molar-refractivity contribution >= 4 is 17.4 Å². The minimum atomic E-state index is -0.411. The molecule has 0 spiro atoms. The highest BCUT2D eigenvalue weighted by atomic mass is 16.3. The van der Waals surface area contributed by atoms with E-state index in [1.807, 2.05) is 48.7 Å². The summed E-state index contributed by atoms with van der Waals surface area (Å²) in [4.78, 5) is 23.2. The molecular formula is C26H27N9O2. The highest BCUT2D eigenvalue weighted by Crippen LogP contribution is 2.32. The van der Waals surface area contributed by atoms with E-state index >= 15 is 0 Å². The van der Waals surface area contributed by atoms with Crippen molar-refractivity contribution in [1.82, 2.24) is 34.2 Å². The van der Waals surface area contributed by atoms with Crippen LogP contribution in [0.3, 0.4) is 0 Å². The quantitative estimate of drug-likeness (QED) is 0.460. The Kier molecular flexibility index (Phi) is 5.73. The molecule has 2 fully saturated rings. The number of amides is 2. The zero-order valence-corrected chi connectivity index (χ0v) is 20.5. The molecule has 4 aromatic heterocycles. The van der Waals surface area contributed by atoms with Gasteiger partial charge in [0.05, 0.1) is 29.6 Å². The molecule has 0 radical (unpaired) electrons. The van der Waals surface area contributed by atoms with Crippen LogP contribution < -0.4 is 4.90 Å². The Morgan fingerprint density at radius 1 is 1.00 bits per heavy atom. The predicted octanol–water partition coefficient (Wildman–Crippen LogP) is 1.98. The Hall–Kier alpha value is -4.43. The largest absolute Gasteiger partial charge is 0.391 e. The van der Waals surface area contributed by atoms with Gasteiger partial charge in [-0.2, -0.15) is 15.5 Å². The third-order valence-corrected chi connectivity index (χ3v) is 7.14. The van der Waals surface area contributed by atoms with Gasteiger partial charge in [0.2, 0.25) is 0 Å². The highest BCUT2D eigenvalue weighted by molar-refractivity contribution is 5.87. The van der Waals surface area contributed by atoms with Gasteiger partial charge in [0.15, 0.2) is 0 Å². The third kappa shape index (κ3) is 4.25. The lowest BCUT2D eigenvalue weighted by molar-refractivity contribution is 0.144. The number of nitriles is 1. The number of urea groups is 1. The van der Waals surface area contributed by atoms with Gasteiger partial charge in [-0.05, 0) is 24.6 Å². The van der Waals surface area contributed by atoms with Crippen LogP contribution in [-0.2, 0) is 7.05 Å². The summed E-state index contributed by atoms with van der Waals surface area (Å²) < 4.78 is 3.49. The van der Waals surface area contributed by atoms with Crippen LogP contribution in [0.4, 0.5) is 10.6 Å². The monoisotopic (exact) mass is 497 g/mol. The summed E-state index contributed by atoms with van der Waals surface area (Å²) in [5, 5.41) is 28.1. The van der Waals surface area contributed by atoms with E-state index in [-0.39, 0.29) is 6.03 Å². The molecule has 0 saturated carbocycles. The zero-order valence-electron chi connectivity index (χ0n) is 20.5. The van der Waals surface area contributed by atoms with Crippen LogP contribution in [0, 0.1) is 11.3 Å².